The van der Waals surface area contributed by atoms with Crippen LogP contribution in [0.25, 0.3) is 11.0 Å². The fourth-order valence-corrected chi connectivity index (χ4v) is 6.04. The van der Waals surface area contributed by atoms with Crippen molar-refractivity contribution >= 4 is 28.7 Å². The molecule has 0 radical (unpaired) electrons. The van der Waals surface area contributed by atoms with Gasteiger partial charge in [0.25, 0.3) is 5.91 Å². The van der Waals surface area contributed by atoms with Gasteiger partial charge in [0.1, 0.15) is 11.3 Å². The molecule has 0 unspecified atom stereocenters. The Hall–Kier alpha value is -3.40. The van der Waals surface area contributed by atoms with Crippen molar-refractivity contribution in [2.45, 2.75) is 63.4 Å². The van der Waals surface area contributed by atoms with E-state index in [0.717, 1.165) is 67.9 Å². The average Bonchev–Trinajstić information content (AvgIpc) is 2.93. The first-order chi connectivity index (χ1) is 18.3. The summed E-state index contributed by atoms with van der Waals surface area (Å²) in [6, 6.07) is 5.18. The molecule has 0 spiro atoms. The topological polar surface area (TPSA) is 138 Å². The summed E-state index contributed by atoms with van der Waals surface area (Å²) in [5.74, 6) is -0.688. The first-order valence-corrected chi connectivity index (χ1v) is 13.6. The zero-order valence-corrected chi connectivity index (χ0v) is 21.6. The van der Waals surface area contributed by atoms with Crippen LogP contribution >= 0.6 is 0 Å². The number of nitrogens with zero attached hydrogens (tertiary/aromatic N) is 1. The number of hydrogen-bond acceptors (Lipinski definition) is 7. The number of hydrogen-bond donors (Lipinski definition) is 3. The van der Waals surface area contributed by atoms with E-state index in [1.54, 1.807) is 17.0 Å². The number of carbonyl (C=O) groups excluding carboxylic acids is 3. The van der Waals surface area contributed by atoms with Crippen LogP contribution in [0.3, 0.4) is 0 Å². The van der Waals surface area contributed by atoms with E-state index in [1.807, 2.05) is 6.07 Å². The maximum Gasteiger partial charge on any atom is 0.339 e. The Bertz CT molecular complexity index is 1290. The summed E-state index contributed by atoms with van der Waals surface area (Å²) in [5.41, 5.74) is 1.24. The summed E-state index contributed by atoms with van der Waals surface area (Å²) in [5, 5.41) is 16.7. The van der Waals surface area contributed by atoms with Crippen LogP contribution in [-0.4, -0.2) is 66.1 Å². The lowest BCUT2D eigenvalue weighted by Crippen LogP contribution is -2.56. The number of aliphatic hydroxyl groups is 1. The van der Waals surface area contributed by atoms with Crippen LogP contribution in [0.15, 0.2) is 27.4 Å². The van der Waals surface area contributed by atoms with Crippen LogP contribution in [0.1, 0.15) is 56.1 Å². The maximum atomic E-state index is 12.6. The van der Waals surface area contributed by atoms with E-state index < -0.39 is 17.4 Å². The Kier molecular flexibility index (Phi) is 7.69. The highest BCUT2D eigenvalue weighted by molar-refractivity contribution is 5.88. The Morgan fingerprint density at radius 1 is 1.03 bits per heavy atom. The molecular formula is C28H35N3O7. The molecule has 10 nitrogen and oxygen atoms in total. The molecule has 204 valence electrons. The van der Waals surface area contributed by atoms with Gasteiger partial charge < -0.3 is 29.8 Å². The first-order valence-electron chi connectivity index (χ1n) is 13.6. The van der Waals surface area contributed by atoms with E-state index in [-0.39, 0.29) is 37.1 Å². The second-order valence-electron chi connectivity index (χ2n) is 10.7. The highest BCUT2D eigenvalue weighted by Crippen LogP contribution is 2.39. The molecule has 10 heteroatoms. The Balaban J connectivity index is 1.05. The molecule has 5 rings (SSSR count). The molecule has 2 atom stereocenters. The number of ether oxygens (including phenoxy) is 1. The Morgan fingerprint density at radius 3 is 2.66 bits per heavy atom. The lowest BCUT2D eigenvalue weighted by Gasteiger charge is -2.47. The number of nitrogens with one attached hydrogen (secondary N) is 2. The SMILES string of the molecule is O=C(CNC(=O)COc1ccc2c3c(c(=O)oc2c1)CCCC3)NCC(=O)N1CC[C@@]2(O)CCCC[C@@H]2C1. The molecule has 1 aliphatic heterocycles. The predicted octanol–water partition coefficient (Wildman–Crippen LogP) is 1.44. The van der Waals surface area contributed by atoms with E-state index in [2.05, 4.69) is 10.6 Å². The quantitative estimate of drug-likeness (QED) is 0.465. The van der Waals surface area contributed by atoms with Crippen molar-refractivity contribution < 1.29 is 28.6 Å². The summed E-state index contributed by atoms with van der Waals surface area (Å²) in [4.78, 5) is 50.9. The highest BCUT2D eigenvalue weighted by Gasteiger charge is 2.43. The second-order valence-corrected chi connectivity index (χ2v) is 10.7. The summed E-state index contributed by atoms with van der Waals surface area (Å²) in [6.07, 6.45) is 7.96. The molecule has 2 aromatic rings. The van der Waals surface area contributed by atoms with Gasteiger partial charge in [-0.05, 0) is 62.6 Å². The van der Waals surface area contributed by atoms with E-state index in [0.29, 0.717) is 30.8 Å². The van der Waals surface area contributed by atoms with Crippen LogP contribution in [0.2, 0.25) is 0 Å². The lowest BCUT2D eigenvalue weighted by atomic mass is 9.71. The van der Waals surface area contributed by atoms with Crippen molar-refractivity contribution in [3.63, 3.8) is 0 Å². The smallest absolute Gasteiger partial charge is 0.339 e. The van der Waals surface area contributed by atoms with Gasteiger partial charge in [0.2, 0.25) is 11.8 Å². The molecular weight excluding hydrogens is 490 g/mol. The minimum Gasteiger partial charge on any atom is -0.484 e. The van der Waals surface area contributed by atoms with Crippen molar-refractivity contribution in [2.75, 3.05) is 32.8 Å². The van der Waals surface area contributed by atoms with Crippen molar-refractivity contribution in [2.24, 2.45) is 5.92 Å². The first kappa shape index (κ1) is 26.2. The van der Waals surface area contributed by atoms with Crippen molar-refractivity contribution in [1.29, 1.82) is 0 Å². The van der Waals surface area contributed by atoms with Crippen LogP contribution in [0.4, 0.5) is 0 Å². The molecule has 3 N–H and O–H groups in total. The molecule has 1 aromatic carbocycles. The summed E-state index contributed by atoms with van der Waals surface area (Å²) in [6.45, 7) is 0.250. The highest BCUT2D eigenvalue weighted by atomic mass is 16.5. The van der Waals surface area contributed by atoms with Crippen LogP contribution in [-0.2, 0) is 27.2 Å². The molecule has 1 saturated heterocycles. The predicted molar refractivity (Wildman–Crippen MR) is 139 cm³/mol. The standard InChI is InChI=1S/C28H35N3O7/c32-24(30-15-26(34)31-12-11-28(36)10-4-3-5-18(28)16-31)14-29-25(33)17-37-19-8-9-21-20-6-1-2-7-22(20)27(35)38-23(21)13-19/h8-9,13,18,36H,1-7,10-12,14-17H2,(H,29,33)(H,30,32)/t18-,28+/m1/s1. The molecule has 0 bridgehead atoms. The third-order valence-electron chi connectivity index (χ3n) is 8.23. The normalized spacial score (nSPS) is 22.8. The molecule has 3 amide bonds. The van der Waals surface area contributed by atoms with Gasteiger partial charge in [-0.2, -0.15) is 0 Å². The second kappa shape index (κ2) is 11.1. The number of benzene rings is 1. The largest absolute Gasteiger partial charge is 0.484 e. The molecule has 2 aliphatic carbocycles. The minimum absolute atomic E-state index is 0.0907. The van der Waals surface area contributed by atoms with Gasteiger partial charge in [-0.3, -0.25) is 14.4 Å². The van der Waals surface area contributed by atoms with Gasteiger partial charge in [0.05, 0.1) is 18.7 Å². The molecule has 38 heavy (non-hydrogen) atoms. The fourth-order valence-electron chi connectivity index (χ4n) is 6.04. The zero-order chi connectivity index (χ0) is 26.7. The number of carbonyl (C=O) groups is 3. The Morgan fingerprint density at radius 2 is 1.82 bits per heavy atom. The summed E-state index contributed by atoms with van der Waals surface area (Å²) in [7, 11) is 0. The van der Waals surface area contributed by atoms with E-state index in [4.69, 9.17) is 9.15 Å². The average molecular weight is 526 g/mol. The zero-order valence-electron chi connectivity index (χ0n) is 21.6. The number of amides is 3. The molecule has 2 heterocycles. The number of aryl methyl sites for hydroxylation is 1. The number of piperidine rings is 1. The summed E-state index contributed by atoms with van der Waals surface area (Å²) < 4.78 is 11.0. The lowest BCUT2D eigenvalue weighted by molar-refractivity contribution is -0.143. The van der Waals surface area contributed by atoms with E-state index >= 15 is 0 Å². The minimum atomic E-state index is -0.662. The van der Waals surface area contributed by atoms with Crippen LogP contribution in [0.5, 0.6) is 5.75 Å². The van der Waals surface area contributed by atoms with Gasteiger partial charge in [0, 0.05) is 36.0 Å². The maximum absolute atomic E-state index is 12.6. The van der Waals surface area contributed by atoms with Gasteiger partial charge >= 0.3 is 5.63 Å². The van der Waals surface area contributed by atoms with Gasteiger partial charge in [0.15, 0.2) is 6.61 Å². The third kappa shape index (κ3) is 5.70. The van der Waals surface area contributed by atoms with Gasteiger partial charge in [-0.1, -0.05) is 12.8 Å². The number of rotatable bonds is 7. The van der Waals surface area contributed by atoms with Crippen molar-refractivity contribution in [3.8, 4) is 5.75 Å². The monoisotopic (exact) mass is 525 g/mol. The molecule has 2 fully saturated rings. The number of likely N-dealkylation sites (tertiary alicyclic amines) is 1. The van der Waals surface area contributed by atoms with E-state index in [9.17, 15) is 24.3 Å². The fraction of sp³-hybridized carbons (Fsp3) is 0.571. The third-order valence-corrected chi connectivity index (χ3v) is 8.23. The number of fused-ring (bicyclic) bond motifs is 4. The van der Waals surface area contributed by atoms with E-state index in [1.165, 1.54) is 0 Å². The van der Waals surface area contributed by atoms with Gasteiger partial charge in [-0.25, -0.2) is 4.79 Å². The Labute approximate surface area is 220 Å². The summed E-state index contributed by atoms with van der Waals surface area (Å²) >= 11 is 0. The van der Waals surface area contributed by atoms with Crippen LogP contribution < -0.4 is 21.0 Å². The van der Waals surface area contributed by atoms with Crippen LogP contribution in [0, 0.1) is 5.92 Å². The molecule has 1 aromatic heterocycles. The van der Waals surface area contributed by atoms with Gasteiger partial charge in [-0.15, -0.1) is 0 Å². The molecule has 1 saturated carbocycles. The van der Waals surface area contributed by atoms with Crippen molar-refractivity contribution in [1.82, 2.24) is 15.5 Å². The van der Waals surface area contributed by atoms with Crippen molar-refractivity contribution in [3.05, 3.63) is 39.7 Å². The molecule has 3 aliphatic rings.